The molecular weight excluding hydrogens is 354 g/mol. The maximum atomic E-state index is 12.7. The summed E-state index contributed by atoms with van der Waals surface area (Å²) in [6.45, 7) is 5.23. The number of aryl methyl sites for hydroxylation is 2. The molecule has 0 spiro atoms. The molecule has 1 atom stereocenters. The quantitative estimate of drug-likeness (QED) is 0.719. The number of hydrogen-bond donors (Lipinski definition) is 3. The Hall–Kier alpha value is -2.87. The summed E-state index contributed by atoms with van der Waals surface area (Å²) in [6, 6.07) is 9.58. The van der Waals surface area contributed by atoms with Gasteiger partial charge in [-0.1, -0.05) is 17.7 Å². The summed E-state index contributed by atoms with van der Waals surface area (Å²) in [4.78, 5) is 23.8. The highest BCUT2D eigenvalue weighted by Gasteiger charge is 2.28. The molecule has 26 heavy (non-hydrogen) atoms. The summed E-state index contributed by atoms with van der Waals surface area (Å²) in [5.74, 6) is -1.79. The van der Waals surface area contributed by atoms with Gasteiger partial charge in [0.25, 0.3) is 10.0 Å². The minimum Gasteiger partial charge on any atom is -0.324 e. The normalized spacial score (nSPS) is 17.0. The number of amides is 2. The molecule has 0 unspecified atom stereocenters. The first-order valence-corrected chi connectivity index (χ1v) is 9.51. The highest BCUT2D eigenvalue weighted by molar-refractivity contribution is 7.92. The van der Waals surface area contributed by atoms with Gasteiger partial charge in [0.1, 0.15) is 5.92 Å². The van der Waals surface area contributed by atoms with Gasteiger partial charge in [0.05, 0.1) is 22.0 Å². The lowest BCUT2D eigenvalue weighted by Crippen LogP contribution is -2.28. The van der Waals surface area contributed by atoms with E-state index in [4.69, 9.17) is 0 Å². The highest BCUT2D eigenvalue weighted by atomic mass is 32.2. The average molecular weight is 373 g/mol. The minimum absolute atomic E-state index is 0.0136. The maximum Gasteiger partial charge on any atom is 0.261 e. The van der Waals surface area contributed by atoms with Crippen LogP contribution in [0, 0.1) is 19.8 Å². The number of anilines is 3. The largest absolute Gasteiger partial charge is 0.324 e. The van der Waals surface area contributed by atoms with Gasteiger partial charge in [-0.15, -0.1) is 0 Å². The topological polar surface area (TPSA) is 104 Å². The van der Waals surface area contributed by atoms with Crippen LogP contribution < -0.4 is 15.4 Å². The van der Waals surface area contributed by atoms with E-state index < -0.39 is 27.8 Å². The smallest absolute Gasteiger partial charge is 0.261 e. The Labute approximate surface area is 151 Å². The van der Waals surface area contributed by atoms with Crippen LogP contribution in [0.4, 0.5) is 17.1 Å². The second-order valence-corrected chi connectivity index (χ2v) is 8.01. The molecule has 0 aliphatic carbocycles. The Bertz CT molecular complexity index is 1020. The maximum absolute atomic E-state index is 12.7. The third-order valence-corrected chi connectivity index (χ3v) is 5.59. The minimum atomic E-state index is -3.85. The van der Waals surface area contributed by atoms with E-state index in [0.717, 1.165) is 11.1 Å². The number of hydrogen-bond acceptors (Lipinski definition) is 4. The summed E-state index contributed by atoms with van der Waals surface area (Å²) >= 11 is 0. The Balaban J connectivity index is 1.96. The SMILES string of the molecule is Cc1ccc(NS(=O)(=O)c2ccc3c(c2)NC(=O)[C@H](C)C(=O)N3)c(C)c1. The van der Waals surface area contributed by atoms with Crippen LogP contribution in [0.2, 0.25) is 0 Å². The van der Waals surface area contributed by atoms with E-state index in [0.29, 0.717) is 11.4 Å². The van der Waals surface area contributed by atoms with E-state index in [1.54, 1.807) is 6.07 Å². The van der Waals surface area contributed by atoms with E-state index >= 15 is 0 Å². The molecule has 1 heterocycles. The number of carbonyl (C=O) groups excluding carboxylic acids is 2. The first-order chi connectivity index (χ1) is 12.2. The van der Waals surface area contributed by atoms with Gasteiger partial charge >= 0.3 is 0 Å². The van der Waals surface area contributed by atoms with Gasteiger partial charge in [-0.25, -0.2) is 8.42 Å². The van der Waals surface area contributed by atoms with E-state index in [2.05, 4.69) is 15.4 Å². The predicted molar refractivity (Wildman–Crippen MR) is 99.6 cm³/mol. The van der Waals surface area contributed by atoms with Crippen molar-refractivity contribution in [2.24, 2.45) is 5.92 Å². The molecule has 1 aliphatic heterocycles. The summed E-state index contributed by atoms with van der Waals surface area (Å²) in [7, 11) is -3.85. The summed E-state index contributed by atoms with van der Waals surface area (Å²) in [5.41, 5.74) is 2.92. The van der Waals surface area contributed by atoms with Crippen molar-refractivity contribution in [3.63, 3.8) is 0 Å². The molecule has 0 aromatic heterocycles. The molecule has 3 rings (SSSR count). The molecule has 0 radical (unpaired) electrons. The average Bonchev–Trinajstić information content (AvgIpc) is 2.67. The number of sulfonamides is 1. The fourth-order valence-corrected chi connectivity index (χ4v) is 3.79. The number of benzene rings is 2. The zero-order valence-corrected chi connectivity index (χ0v) is 15.4. The molecule has 0 bridgehead atoms. The van der Waals surface area contributed by atoms with Gasteiger partial charge < -0.3 is 10.6 Å². The number of carbonyl (C=O) groups is 2. The Morgan fingerprint density at radius 2 is 1.58 bits per heavy atom. The van der Waals surface area contributed by atoms with Crippen molar-refractivity contribution >= 4 is 38.9 Å². The molecule has 8 heteroatoms. The molecule has 2 aromatic rings. The molecule has 0 fully saturated rings. The molecule has 136 valence electrons. The van der Waals surface area contributed by atoms with Crippen LogP contribution >= 0.6 is 0 Å². The number of nitrogens with one attached hydrogen (secondary N) is 3. The van der Waals surface area contributed by atoms with Gasteiger partial charge in [-0.2, -0.15) is 0 Å². The second-order valence-electron chi connectivity index (χ2n) is 6.33. The number of rotatable bonds is 3. The lowest BCUT2D eigenvalue weighted by molar-refractivity contribution is -0.128. The monoisotopic (exact) mass is 373 g/mol. The molecular formula is C18H19N3O4S. The van der Waals surface area contributed by atoms with Gasteiger partial charge in [0.15, 0.2) is 0 Å². The molecule has 2 amide bonds. The predicted octanol–water partition coefficient (Wildman–Crippen LogP) is 2.63. The van der Waals surface area contributed by atoms with Gasteiger partial charge in [-0.05, 0) is 50.6 Å². The fourth-order valence-electron chi connectivity index (χ4n) is 2.64. The Morgan fingerprint density at radius 3 is 2.23 bits per heavy atom. The standard InChI is InChI=1S/C18H19N3O4S/c1-10-4-6-14(11(2)8-10)21-26(24,25)13-5-7-15-16(9-13)20-18(23)12(3)17(22)19-15/h4-9,12,21H,1-3H3,(H,19,22)(H,20,23)/t12-/m1/s1. The zero-order chi connectivity index (χ0) is 19.1. The van der Waals surface area contributed by atoms with Crippen molar-refractivity contribution in [3.8, 4) is 0 Å². The third-order valence-electron chi connectivity index (χ3n) is 4.23. The molecule has 3 N–H and O–H groups in total. The van der Waals surface area contributed by atoms with Crippen LogP contribution in [0.15, 0.2) is 41.3 Å². The summed E-state index contributed by atoms with van der Waals surface area (Å²) in [6.07, 6.45) is 0. The van der Waals surface area contributed by atoms with Crippen molar-refractivity contribution in [1.82, 2.24) is 0 Å². The van der Waals surface area contributed by atoms with Crippen LogP contribution in [0.5, 0.6) is 0 Å². The lowest BCUT2D eigenvalue weighted by Gasteiger charge is -2.13. The van der Waals surface area contributed by atoms with Crippen LogP contribution in [-0.4, -0.2) is 20.2 Å². The zero-order valence-electron chi connectivity index (χ0n) is 14.6. The van der Waals surface area contributed by atoms with E-state index in [-0.39, 0.29) is 10.6 Å². The Kier molecular flexibility index (Phi) is 4.45. The molecule has 2 aromatic carbocycles. The van der Waals surface area contributed by atoms with Gasteiger partial charge in [-0.3, -0.25) is 14.3 Å². The molecule has 7 nitrogen and oxygen atoms in total. The van der Waals surface area contributed by atoms with Crippen molar-refractivity contribution in [2.75, 3.05) is 15.4 Å². The van der Waals surface area contributed by atoms with Crippen LogP contribution in [0.25, 0.3) is 0 Å². The first-order valence-electron chi connectivity index (χ1n) is 8.03. The molecule has 0 saturated heterocycles. The van der Waals surface area contributed by atoms with Crippen molar-refractivity contribution < 1.29 is 18.0 Å². The highest BCUT2D eigenvalue weighted by Crippen LogP contribution is 2.30. The lowest BCUT2D eigenvalue weighted by atomic mass is 10.1. The molecule has 1 aliphatic rings. The van der Waals surface area contributed by atoms with Crippen LogP contribution in [-0.2, 0) is 19.6 Å². The van der Waals surface area contributed by atoms with Gasteiger partial charge in [0, 0.05) is 0 Å². The van der Waals surface area contributed by atoms with Crippen LogP contribution in [0.3, 0.4) is 0 Å². The van der Waals surface area contributed by atoms with Crippen molar-refractivity contribution in [1.29, 1.82) is 0 Å². The van der Waals surface area contributed by atoms with E-state index in [1.807, 2.05) is 26.0 Å². The first kappa shape index (κ1) is 17.9. The van der Waals surface area contributed by atoms with Crippen molar-refractivity contribution in [2.45, 2.75) is 25.7 Å². The summed E-state index contributed by atoms with van der Waals surface area (Å²) in [5, 5.41) is 5.19. The third kappa shape index (κ3) is 3.41. The molecule has 0 saturated carbocycles. The van der Waals surface area contributed by atoms with Crippen molar-refractivity contribution in [3.05, 3.63) is 47.5 Å². The Morgan fingerprint density at radius 1 is 0.923 bits per heavy atom. The number of fused-ring (bicyclic) bond motifs is 1. The van der Waals surface area contributed by atoms with Crippen LogP contribution in [0.1, 0.15) is 18.1 Å². The summed E-state index contributed by atoms with van der Waals surface area (Å²) < 4.78 is 28.0. The second kappa shape index (κ2) is 6.45. The van der Waals surface area contributed by atoms with E-state index in [1.165, 1.54) is 25.1 Å². The van der Waals surface area contributed by atoms with Gasteiger partial charge in [0.2, 0.25) is 11.8 Å². The van der Waals surface area contributed by atoms with E-state index in [9.17, 15) is 18.0 Å². The fraction of sp³-hybridized carbons (Fsp3) is 0.222.